The zero-order chi connectivity index (χ0) is 14.4. The first-order chi connectivity index (χ1) is 9.69. The van der Waals surface area contributed by atoms with E-state index in [4.69, 9.17) is 0 Å². The molecule has 0 amide bonds. The van der Waals surface area contributed by atoms with Crippen LogP contribution in [0, 0.1) is 0 Å². The van der Waals surface area contributed by atoms with Gasteiger partial charge in [0, 0.05) is 14.9 Å². The normalized spacial score (nSPS) is 10.9. The molecule has 0 saturated heterocycles. The van der Waals surface area contributed by atoms with Crippen molar-refractivity contribution in [3.63, 3.8) is 0 Å². The maximum Gasteiger partial charge on any atom is 0.185 e. The molecule has 2 aromatic carbocycles. The highest BCUT2D eigenvalue weighted by Gasteiger charge is 2.01. The third-order valence-corrected chi connectivity index (χ3v) is 4.11. The van der Waals surface area contributed by atoms with Crippen molar-refractivity contribution >= 4 is 39.6 Å². The largest absolute Gasteiger partial charge is 0.289 e. The van der Waals surface area contributed by atoms with Gasteiger partial charge in [0.15, 0.2) is 5.78 Å². The van der Waals surface area contributed by atoms with E-state index in [2.05, 4.69) is 22.9 Å². The van der Waals surface area contributed by atoms with Crippen molar-refractivity contribution in [2.24, 2.45) is 0 Å². The molecule has 0 spiro atoms. The van der Waals surface area contributed by atoms with Gasteiger partial charge in [0.25, 0.3) is 0 Å². The van der Waals surface area contributed by atoms with Crippen LogP contribution in [0.25, 0.3) is 6.08 Å². The summed E-state index contributed by atoms with van der Waals surface area (Å²) in [6.45, 7) is 2.12. The molecule has 0 bridgehead atoms. The number of halogens is 1. The van der Waals surface area contributed by atoms with Gasteiger partial charge in [-0.2, -0.15) is 0 Å². The van der Waals surface area contributed by atoms with E-state index in [9.17, 15) is 4.79 Å². The molecule has 1 nitrogen and oxygen atoms in total. The molecule has 0 aromatic heterocycles. The van der Waals surface area contributed by atoms with Crippen molar-refractivity contribution in [2.45, 2.75) is 11.8 Å². The molecule has 0 atom stereocenters. The molecule has 0 radical (unpaired) electrons. The third-order valence-electron chi connectivity index (χ3n) is 2.73. The Kier molecular flexibility index (Phi) is 5.62. The van der Waals surface area contributed by atoms with Gasteiger partial charge in [-0.25, -0.2) is 0 Å². The monoisotopic (exact) mass is 346 g/mol. The van der Waals surface area contributed by atoms with Gasteiger partial charge in [0.1, 0.15) is 0 Å². The molecule has 3 heteroatoms. The fourth-order valence-electron chi connectivity index (χ4n) is 1.76. The van der Waals surface area contributed by atoms with Gasteiger partial charge in [-0.05, 0) is 53.8 Å². The number of allylic oxidation sites excluding steroid dienone is 1. The minimum atomic E-state index is 0.0259. The molecule has 2 aromatic rings. The van der Waals surface area contributed by atoms with E-state index >= 15 is 0 Å². The maximum absolute atomic E-state index is 12.1. The summed E-state index contributed by atoms with van der Waals surface area (Å²) in [6, 6.07) is 15.6. The zero-order valence-electron chi connectivity index (χ0n) is 11.2. The van der Waals surface area contributed by atoms with Crippen LogP contribution in [-0.2, 0) is 0 Å². The van der Waals surface area contributed by atoms with Crippen LogP contribution in [-0.4, -0.2) is 11.5 Å². The number of thioether (sulfide) groups is 1. The van der Waals surface area contributed by atoms with Crippen molar-refractivity contribution in [3.8, 4) is 0 Å². The summed E-state index contributed by atoms with van der Waals surface area (Å²) in [6.07, 6.45) is 3.45. The van der Waals surface area contributed by atoms with Crippen LogP contribution >= 0.6 is 27.7 Å². The Bertz CT molecular complexity index is 617. The van der Waals surface area contributed by atoms with E-state index in [1.165, 1.54) is 4.90 Å². The van der Waals surface area contributed by atoms with Crippen LogP contribution in [0.3, 0.4) is 0 Å². The van der Waals surface area contributed by atoms with Crippen molar-refractivity contribution in [1.29, 1.82) is 0 Å². The lowest BCUT2D eigenvalue weighted by atomic mass is 10.1. The SMILES string of the molecule is CCSc1ccc(C(=O)C=Cc2cccc(Br)c2)cc1. The number of carbonyl (C=O) groups excluding carboxylic acids is 1. The highest BCUT2D eigenvalue weighted by atomic mass is 79.9. The Hall–Kier alpha value is -1.32. The number of rotatable bonds is 5. The van der Waals surface area contributed by atoms with E-state index < -0.39 is 0 Å². The topological polar surface area (TPSA) is 17.1 Å². The number of hydrogen-bond acceptors (Lipinski definition) is 2. The highest BCUT2D eigenvalue weighted by Crippen LogP contribution is 2.18. The molecule has 0 heterocycles. The minimum absolute atomic E-state index is 0.0259. The lowest BCUT2D eigenvalue weighted by Crippen LogP contribution is -1.93. The second-order valence-corrected chi connectivity index (χ2v) is 6.46. The molecule has 0 fully saturated rings. The summed E-state index contributed by atoms with van der Waals surface area (Å²) in [5.74, 6) is 1.06. The van der Waals surface area contributed by atoms with Gasteiger partial charge in [0.05, 0.1) is 0 Å². The van der Waals surface area contributed by atoms with Crippen LogP contribution < -0.4 is 0 Å². The fraction of sp³-hybridized carbons (Fsp3) is 0.118. The van der Waals surface area contributed by atoms with Gasteiger partial charge >= 0.3 is 0 Å². The van der Waals surface area contributed by atoms with Crippen LogP contribution in [0.4, 0.5) is 0 Å². The smallest absolute Gasteiger partial charge is 0.185 e. The van der Waals surface area contributed by atoms with Crippen LogP contribution in [0.2, 0.25) is 0 Å². The Morgan fingerprint density at radius 2 is 1.95 bits per heavy atom. The van der Waals surface area contributed by atoms with Gasteiger partial charge in [-0.15, -0.1) is 11.8 Å². The summed E-state index contributed by atoms with van der Waals surface area (Å²) in [5, 5.41) is 0. The molecule has 0 saturated carbocycles. The van der Waals surface area contributed by atoms with E-state index in [1.54, 1.807) is 17.8 Å². The summed E-state index contributed by atoms with van der Waals surface area (Å²) in [4.78, 5) is 13.3. The number of carbonyl (C=O) groups is 1. The quantitative estimate of drug-likeness (QED) is 0.406. The summed E-state index contributed by atoms with van der Waals surface area (Å²) in [7, 11) is 0. The zero-order valence-corrected chi connectivity index (χ0v) is 13.6. The minimum Gasteiger partial charge on any atom is -0.289 e. The Morgan fingerprint density at radius 3 is 2.60 bits per heavy atom. The van der Waals surface area contributed by atoms with E-state index in [-0.39, 0.29) is 5.78 Å². The molecule has 0 aliphatic heterocycles. The molecule has 2 rings (SSSR count). The van der Waals surface area contributed by atoms with Gasteiger partial charge in [-0.1, -0.05) is 41.1 Å². The van der Waals surface area contributed by atoms with Gasteiger partial charge in [-0.3, -0.25) is 4.79 Å². The summed E-state index contributed by atoms with van der Waals surface area (Å²) >= 11 is 5.19. The summed E-state index contributed by atoms with van der Waals surface area (Å²) in [5.41, 5.74) is 1.72. The van der Waals surface area contributed by atoms with Crippen molar-refractivity contribution in [3.05, 3.63) is 70.2 Å². The first kappa shape index (κ1) is 15.1. The number of ketones is 1. The lowest BCUT2D eigenvalue weighted by Gasteiger charge is -2.00. The molecule has 0 aliphatic rings. The fourth-order valence-corrected chi connectivity index (χ4v) is 2.84. The molecular weight excluding hydrogens is 332 g/mol. The second-order valence-electron chi connectivity index (χ2n) is 4.21. The van der Waals surface area contributed by atoms with E-state index in [0.717, 1.165) is 21.4 Å². The average Bonchev–Trinajstić information content (AvgIpc) is 2.46. The highest BCUT2D eigenvalue weighted by molar-refractivity contribution is 9.10. The first-order valence-electron chi connectivity index (χ1n) is 6.40. The Balaban J connectivity index is 2.07. The standard InChI is InChI=1S/C17H15BrOS/c1-2-20-16-9-7-14(8-10-16)17(19)11-6-13-4-3-5-15(18)12-13/h3-12H,2H2,1H3. The van der Waals surface area contributed by atoms with Crippen LogP contribution in [0.1, 0.15) is 22.8 Å². The van der Waals surface area contributed by atoms with Crippen LogP contribution in [0.15, 0.2) is 64.0 Å². The van der Waals surface area contributed by atoms with E-state index in [1.807, 2.05) is 54.6 Å². The van der Waals surface area contributed by atoms with Crippen molar-refractivity contribution in [2.75, 3.05) is 5.75 Å². The number of benzene rings is 2. The Morgan fingerprint density at radius 1 is 1.20 bits per heavy atom. The predicted molar refractivity (Wildman–Crippen MR) is 90.3 cm³/mol. The Labute approximate surface area is 132 Å². The van der Waals surface area contributed by atoms with Crippen LogP contribution in [0.5, 0.6) is 0 Å². The van der Waals surface area contributed by atoms with Gasteiger partial charge < -0.3 is 0 Å². The predicted octanol–water partition coefficient (Wildman–Crippen LogP) is 5.46. The van der Waals surface area contributed by atoms with Crippen molar-refractivity contribution in [1.82, 2.24) is 0 Å². The third kappa shape index (κ3) is 4.36. The first-order valence-corrected chi connectivity index (χ1v) is 8.18. The molecular formula is C17H15BrOS. The number of hydrogen-bond donors (Lipinski definition) is 0. The molecule has 0 N–H and O–H groups in total. The summed E-state index contributed by atoms with van der Waals surface area (Å²) < 4.78 is 1.01. The molecule has 0 aliphatic carbocycles. The molecule has 0 unspecified atom stereocenters. The molecule has 20 heavy (non-hydrogen) atoms. The maximum atomic E-state index is 12.1. The second kappa shape index (κ2) is 7.46. The van der Waals surface area contributed by atoms with Gasteiger partial charge in [0.2, 0.25) is 0 Å². The van der Waals surface area contributed by atoms with Crippen molar-refractivity contribution < 1.29 is 4.79 Å². The molecule has 102 valence electrons. The lowest BCUT2D eigenvalue weighted by molar-refractivity contribution is 0.104. The average molecular weight is 347 g/mol. The van der Waals surface area contributed by atoms with E-state index in [0.29, 0.717) is 0 Å².